The number of nitrogens with zero attached hydrogens (tertiary/aromatic N) is 3. The van der Waals surface area contributed by atoms with E-state index in [0.29, 0.717) is 11.7 Å². The first kappa shape index (κ1) is 17.1. The lowest BCUT2D eigenvalue weighted by molar-refractivity contribution is -0.144. The molecule has 0 spiro atoms. The molecule has 0 saturated carbocycles. The molecule has 0 fully saturated rings. The summed E-state index contributed by atoms with van der Waals surface area (Å²) < 4.78 is 15.5. The first-order chi connectivity index (χ1) is 12.2. The zero-order valence-electron chi connectivity index (χ0n) is 13.9. The van der Waals surface area contributed by atoms with Crippen molar-refractivity contribution in [2.24, 2.45) is 0 Å². The first-order valence-corrected chi connectivity index (χ1v) is 8.61. The molecule has 25 heavy (non-hydrogen) atoms. The molecule has 0 aliphatic heterocycles. The molecule has 2 aromatic heterocycles. The summed E-state index contributed by atoms with van der Waals surface area (Å²) >= 11 is 1.54. The van der Waals surface area contributed by atoms with E-state index < -0.39 is 0 Å². The molecule has 3 aromatic rings. The van der Waals surface area contributed by atoms with Gasteiger partial charge in [-0.2, -0.15) is 4.98 Å². The van der Waals surface area contributed by atoms with Crippen molar-refractivity contribution in [3.63, 3.8) is 0 Å². The Bertz CT molecular complexity index is 842. The molecule has 130 valence electrons. The molecule has 0 aliphatic carbocycles. The molecule has 0 unspecified atom stereocenters. The van der Waals surface area contributed by atoms with E-state index in [1.807, 2.05) is 24.4 Å². The third-order valence-corrected chi connectivity index (χ3v) is 4.44. The molecule has 1 aromatic carbocycles. The molecule has 2 heterocycles. The van der Waals surface area contributed by atoms with Crippen molar-refractivity contribution in [1.82, 2.24) is 15.1 Å². The van der Waals surface area contributed by atoms with Crippen LogP contribution in [-0.4, -0.2) is 28.2 Å². The number of benzene rings is 1. The highest BCUT2D eigenvalue weighted by molar-refractivity contribution is 7.09. The van der Waals surface area contributed by atoms with Gasteiger partial charge in [0.05, 0.1) is 24.2 Å². The first-order valence-electron chi connectivity index (χ1n) is 7.74. The molecule has 0 saturated heterocycles. The van der Waals surface area contributed by atoms with Crippen LogP contribution < -0.4 is 4.74 Å². The van der Waals surface area contributed by atoms with Crippen molar-refractivity contribution in [3.05, 3.63) is 46.2 Å². The fraction of sp³-hybridized carbons (Fsp3) is 0.294. The highest BCUT2D eigenvalue weighted by atomic mass is 32.1. The van der Waals surface area contributed by atoms with Crippen LogP contribution >= 0.6 is 11.3 Å². The molecule has 0 aliphatic rings. The molecule has 0 N–H and O–H groups in total. The quantitative estimate of drug-likeness (QED) is 0.599. The van der Waals surface area contributed by atoms with Gasteiger partial charge in [0.2, 0.25) is 5.82 Å². The van der Waals surface area contributed by atoms with Crippen molar-refractivity contribution in [3.8, 4) is 17.2 Å². The number of ether oxygens (including phenoxy) is 2. The lowest BCUT2D eigenvalue weighted by atomic mass is 10.2. The monoisotopic (exact) mass is 359 g/mol. The Labute approximate surface area is 148 Å². The van der Waals surface area contributed by atoms with Gasteiger partial charge in [-0.25, -0.2) is 4.98 Å². The van der Waals surface area contributed by atoms with E-state index in [9.17, 15) is 4.79 Å². The number of carbonyl (C=O) groups excluding carboxylic acids is 1. The van der Waals surface area contributed by atoms with Crippen LogP contribution in [0.2, 0.25) is 0 Å². The Hall–Kier alpha value is -2.74. The Morgan fingerprint density at radius 2 is 2.04 bits per heavy atom. The van der Waals surface area contributed by atoms with E-state index >= 15 is 0 Å². The third kappa shape index (κ3) is 4.42. The van der Waals surface area contributed by atoms with Crippen molar-refractivity contribution in [1.29, 1.82) is 0 Å². The lowest BCUT2D eigenvalue weighted by Crippen LogP contribution is -2.09. The van der Waals surface area contributed by atoms with Crippen LogP contribution in [0.1, 0.15) is 23.4 Å². The second-order valence-electron chi connectivity index (χ2n) is 5.17. The summed E-state index contributed by atoms with van der Waals surface area (Å²) in [5.74, 6) is 1.04. The van der Waals surface area contributed by atoms with Gasteiger partial charge in [0.25, 0.3) is 5.89 Å². The SMILES string of the molecule is CCc1nc(CC(=O)OCc2noc(-c3ccc(OC)cc3)n2)cs1. The largest absolute Gasteiger partial charge is 0.497 e. The fourth-order valence-corrected chi connectivity index (χ4v) is 2.84. The van der Waals surface area contributed by atoms with Gasteiger partial charge in [-0.3, -0.25) is 4.79 Å². The van der Waals surface area contributed by atoms with Crippen LogP contribution in [0.5, 0.6) is 5.75 Å². The Balaban J connectivity index is 1.54. The summed E-state index contributed by atoms with van der Waals surface area (Å²) in [7, 11) is 1.60. The van der Waals surface area contributed by atoms with Gasteiger partial charge in [-0.1, -0.05) is 12.1 Å². The van der Waals surface area contributed by atoms with Crippen LogP contribution in [0.4, 0.5) is 0 Å². The number of esters is 1. The van der Waals surface area contributed by atoms with E-state index in [0.717, 1.165) is 28.4 Å². The van der Waals surface area contributed by atoms with Crippen molar-refractivity contribution in [2.75, 3.05) is 7.11 Å². The number of carbonyl (C=O) groups is 1. The number of thiazole rings is 1. The predicted octanol–water partition coefficient (Wildman–Crippen LogP) is 3.05. The second-order valence-corrected chi connectivity index (χ2v) is 6.11. The normalized spacial score (nSPS) is 10.6. The zero-order valence-corrected chi connectivity index (χ0v) is 14.7. The summed E-state index contributed by atoms with van der Waals surface area (Å²) in [5.41, 5.74) is 1.49. The average Bonchev–Trinajstić information content (AvgIpc) is 3.29. The van der Waals surface area contributed by atoms with Gasteiger partial charge in [0, 0.05) is 10.9 Å². The predicted molar refractivity (Wildman–Crippen MR) is 91.3 cm³/mol. The minimum Gasteiger partial charge on any atom is -0.497 e. The molecule has 0 radical (unpaired) electrons. The maximum Gasteiger partial charge on any atom is 0.312 e. The number of aromatic nitrogens is 3. The Morgan fingerprint density at radius 3 is 2.72 bits per heavy atom. The zero-order chi connectivity index (χ0) is 17.6. The molecule has 7 nitrogen and oxygen atoms in total. The Morgan fingerprint density at radius 1 is 1.24 bits per heavy atom. The molecular formula is C17H17N3O4S. The van der Waals surface area contributed by atoms with Gasteiger partial charge in [-0.05, 0) is 30.7 Å². The molecule has 8 heteroatoms. The molecule has 0 atom stereocenters. The number of hydrogen-bond acceptors (Lipinski definition) is 8. The van der Waals surface area contributed by atoms with Crippen LogP contribution in [0.15, 0.2) is 34.2 Å². The summed E-state index contributed by atoms with van der Waals surface area (Å²) in [6.45, 7) is 1.99. The van der Waals surface area contributed by atoms with E-state index in [-0.39, 0.29) is 19.0 Å². The smallest absolute Gasteiger partial charge is 0.312 e. The minimum absolute atomic E-state index is 0.0384. The number of aryl methyl sites for hydroxylation is 1. The van der Waals surface area contributed by atoms with E-state index in [1.54, 1.807) is 30.6 Å². The van der Waals surface area contributed by atoms with E-state index in [4.69, 9.17) is 14.0 Å². The average molecular weight is 359 g/mol. The maximum absolute atomic E-state index is 11.9. The van der Waals surface area contributed by atoms with Crippen LogP contribution in [0.25, 0.3) is 11.5 Å². The van der Waals surface area contributed by atoms with Gasteiger partial charge in [0.15, 0.2) is 6.61 Å². The fourth-order valence-electron chi connectivity index (χ4n) is 2.10. The Kier molecular flexibility index (Phi) is 5.39. The highest BCUT2D eigenvalue weighted by Crippen LogP contribution is 2.20. The number of rotatable bonds is 7. The van der Waals surface area contributed by atoms with Crippen LogP contribution in [0.3, 0.4) is 0 Å². The number of methoxy groups -OCH3 is 1. The van der Waals surface area contributed by atoms with Gasteiger partial charge in [-0.15, -0.1) is 11.3 Å². The summed E-state index contributed by atoms with van der Waals surface area (Å²) in [6.07, 6.45) is 0.996. The van der Waals surface area contributed by atoms with E-state index in [1.165, 1.54) is 0 Å². The molecule has 0 amide bonds. The number of hydrogen-bond donors (Lipinski definition) is 0. The third-order valence-electron chi connectivity index (χ3n) is 3.39. The van der Waals surface area contributed by atoms with Crippen LogP contribution in [0, 0.1) is 0 Å². The van der Waals surface area contributed by atoms with Crippen LogP contribution in [-0.2, 0) is 29.0 Å². The van der Waals surface area contributed by atoms with Crippen molar-refractivity contribution >= 4 is 17.3 Å². The lowest BCUT2D eigenvalue weighted by Gasteiger charge is -2.00. The van der Waals surface area contributed by atoms with Gasteiger partial charge in [0.1, 0.15) is 5.75 Å². The second kappa shape index (κ2) is 7.89. The van der Waals surface area contributed by atoms with Gasteiger partial charge < -0.3 is 14.0 Å². The van der Waals surface area contributed by atoms with Crippen molar-refractivity contribution < 1.29 is 18.8 Å². The van der Waals surface area contributed by atoms with Crippen molar-refractivity contribution in [2.45, 2.75) is 26.4 Å². The standard InChI is InChI=1S/C17H17N3O4S/c1-3-15-18-12(10-25-15)8-16(21)23-9-14-19-17(24-20-14)11-4-6-13(22-2)7-5-11/h4-7,10H,3,8-9H2,1-2H3. The highest BCUT2D eigenvalue weighted by Gasteiger charge is 2.13. The topological polar surface area (TPSA) is 87.3 Å². The van der Waals surface area contributed by atoms with Gasteiger partial charge >= 0.3 is 5.97 Å². The molecule has 0 bridgehead atoms. The molecule has 3 rings (SSSR count). The van der Waals surface area contributed by atoms with E-state index in [2.05, 4.69) is 15.1 Å². The molecular weight excluding hydrogens is 342 g/mol. The summed E-state index contributed by atoms with van der Waals surface area (Å²) in [5, 5.41) is 6.70. The summed E-state index contributed by atoms with van der Waals surface area (Å²) in [6, 6.07) is 7.24. The maximum atomic E-state index is 11.9. The minimum atomic E-state index is -0.372. The summed E-state index contributed by atoms with van der Waals surface area (Å²) in [4.78, 5) is 20.4.